The van der Waals surface area contributed by atoms with Crippen molar-refractivity contribution in [1.29, 1.82) is 0 Å². The Morgan fingerprint density at radius 2 is 2.05 bits per heavy atom. The van der Waals surface area contributed by atoms with Crippen LogP contribution in [0.4, 0.5) is 11.5 Å². The van der Waals surface area contributed by atoms with Crippen LogP contribution in [0.3, 0.4) is 0 Å². The average molecular weight is 313 g/mol. The van der Waals surface area contributed by atoms with Gasteiger partial charge in [-0.25, -0.2) is 4.98 Å². The fourth-order valence-electron chi connectivity index (χ4n) is 2.21. The van der Waals surface area contributed by atoms with E-state index in [2.05, 4.69) is 20.3 Å². The third kappa shape index (κ3) is 2.30. The van der Waals surface area contributed by atoms with Crippen LogP contribution in [0.15, 0.2) is 48.0 Å². The van der Waals surface area contributed by atoms with E-state index in [1.165, 1.54) is 0 Å². The van der Waals surface area contributed by atoms with Crippen molar-refractivity contribution in [2.75, 3.05) is 5.32 Å². The van der Waals surface area contributed by atoms with E-state index < -0.39 is 0 Å². The number of rotatable bonds is 2. The van der Waals surface area contributed by atoms with Crippen LogP contribution < -0.4 is 5.32 Å². The van der Waals surface area contributed by atoms with E-state index >= 15 is 0 Å². The van der Waals surface area contributed by atoms with Gasteiger partial charge in [0.05, 0.1) is 10.9 Å². The molecule has 0 radical (unpaired) electrons. The molecule has 4 nitrogen and oxygen atoms in total. The molecule has 0 saturated carbocycles. The molecule has 6 heteroatoms. The molecule has 21 heavy (non-hydrogen) atoms. The number of pyridine rings is 1. The van der Waals surface area contributed by atoms with Crippen molar-refractivity contribution in [2.24, 2.45) is 0 Å². The molecule has 3 aromatic heterocycles. The van der Waals surface area contributed by atoms with Crippen molar-refractivity contribution in [3.8, 4) is 0 Å². The van der Waals surface area contributed by atoms with E-state index in [1.54, 1.807) is 17.5 Å². The third-order valence-electron chi connectivity index (χ3n) is 3.16. The van der Waals surface area contributed by atoms with Crippen LogP contribution in [-0.4, -0.2) is 15.0 Å². The predicted octanol–water partition coefficient (Wildman–Crippen LogP) is 4.64. The second-order valence-corrected chi connectivity index (χ2v) is 5.75. The Bertz CT molecular complexity index is 951. The first-order valence-electron chi connectivity index (χ1n) is 6.32. The summed E-state index contributed by atoms with van der Waals surface area (Å²) in [5, 5.41) is 7.57. The van der Waals surface area contributed by atoms with Gasteiger partial charge in [0, 0.05) is 17.3 Å². The zero-order valence-electron chi connectivity index (χ0n) is 10.7. The molecule has 0 aliphatic heterocycles. The minimum absolute atomic E-state index is 0.245. The average Bonchev–Trinajstić information content (AvgIpc) is 2.95. The van der Waals surface area contributed by atoms with Gasteiger partial charge in [0.25, 0.3) is 0 Å². The van der Waals surface area contributed by atoms with E-state index in [1.807, 2.05) is 41.8 Å². The van der Waals surface area contributed by atoms with E-state index in [-0.39, 0.29) is 5.28 Å². The smallest absolute Gasteiger partial charge is 0.225 e. The summed E-state index contributed by atoms with van der Waals surface area (Å²) in [5.74, 6) is 0.717. The molecule has 102 valence electrons. The van der Waals surface area contributed by atoms with Crippen molar-refractivity contribution in [1.82, 2.24) is 15.0 Å². The fourth-order valence-corrected chi connectivity index (χ4v) is 3.20. The molecule has 1 aromatic carbocycles. The molecule has 4 aromatic rings. The Morgan fingerprint density at radius 1 is 1.10 bits per heavy atom. The van der Waals surface area contributed by atoms with Crippen molar-refractivity contribution < 1.29 is 0 Å². The van der Waals surface area contributed by atoms with E-state index in [9.17, 15) is 0 Å². The maximum Gasteiger partial charge on any atom is 0.225 e. The normalized spacial score (nSPS) is 11.1. The molecule has 0 spiro atoms. The summed E-state index contributed by atoms with van der Waals surface area (Å²) in [6.07, 6.45) is 1.79. The lowest BCUT2D eigenvalue weighted by atomic mass is 10.2. The number of nitrogens with one attached hydrogen (secondary N) is 1. The second-order valence-electron chi connectivity index (χ2n) is 4.52. The van der Waals surface area contributed by atoms with Crippen molar-refractivity contribution in [3.63, 3.8) is 0 Å². The van der Waals surface area contributed by atoms with Gasteiger partial charge in [-0.2, -0.15) is 4.98 Å². The van der Waals surface area contributed by atoms with Crippen LogP contribution in [0.25, 0.3) is 21.1 Å². The Hall–Kier alpha value is -2.24. The first-order valence-corrected chi connectivity index (χ1v) is 7.58. The molecule has 0 unspecified atom stereocenters. The summed E-state index contributed by atoms with van der Waals surface area (Å²) < 4.78 is 0. The maximum absolute atomic E-state index is 5.98. The lowest BCUT2D eigenvalue weighted by Gasteiger charge is -2.08. The van der Waals surface area contributed by atoms with Gasteiger partial charge < -0.3 is 5.32 Å². The SMILES string of the molecule is Clc1nc(Nc2ccc3ncccc3c2)c2ccsc2n1. The lowest BCUT2D eigenvalue weighted by molar-refractivity contribution is 1.23. The van der Waals surface area contributed by atoms with Crippen LogP contribution in [0.5, 0.6) is 0 Å². The van der Waals surface area contributed by atoms with Gasteiger partial charge in [0.1, 0.15) is 10.6 Å². The number of hydrogen-bond donors (Lipinski definition) is 1. The Kier molecular flexibility index (Phi) is 2.94. The summed E-state index contributed by atoms with van der Waals surface area (Å²) in [4.78, 5) is 13.7. The number of thiophene rings is 1. The van der Waals surface area contributed by atoms with Crippen LogP contribution >= 0.6 is 22.9 Å². The molecule has 4 rings (SSSR count). The largest absolute Gasteiger partial charge is 0.340 e. The van der Waals surface area contributed by atoms with Gasteiger partial charge in [-0.3, -0.25) is 4.98 Å². The zero-order chi connectivity index (χ0) is 14.2. The number of benzene rings is 1. The molecule has 0 atom stereocenters. The predicted molar refractivity (Wildman–Crippen MR) is 87.5 cm³/mol. The molecule has 0 bridgehead atoms. The van der Waals surface area contributed by atoms with Gasteiger partial charge >= 0.3 is 0 Å². The van der Waals surface area contributed by atoms with Crippen molar-refractivity contribution in [2.45, 2.75) is 0 Å². The summed E-state index contributed by atoms with van der Waals surface area (Å²) >= 11 is 7.52. The van der Waals surface area contributed by atoms with E-state index in [0.717, 1.165) is 32.6 Å². The molecule has 0 fully saturated rings. The van der Waals surface area contributed by atoms with Crippen LogP contribution in [0, 0.1) is 0 Å². The fraction of sp³-hybridized carbons (Fsp3) is 0. The second kappa shape index (κ2) is 4.95. The highest BCUT2D eigenvalue weighted by Gasteiger charge is 2.08. The quantitative estimate of drug-likeness (QED) is 0.548. The summed E-state index contributed by atoms with van der Waals surface area (Å²) in [5.41, 5.74) is 1.90. The molecule has 0 saturated heterocycles. The molecule has 1 N–H and O–H groups in total. The van der Waals surface area contributed by atoms with E-state index in [0.29, 0.717) is 0 Å². The van der Waals surface area contributed by atoms with Crippen LogP contribution in [0.1, 0.15) is 0 Å². The van der Waals surface area contributed by atoms with Gasteiger partial charge in [-0.1, -0.05) is 6.07 Å². The Labute approximate surface area is 129 Å². The maximum atomic E-state index is 5.98. The zero-order valence-corrected chi connectivity index (χ0v) is 12.3. The monoisotopic (exact) mass is 312 g/mol. The summed E-state index contributed by atoms with van der Waals surface area (Å²) in [6, 6.07) is 11.9. The Balaban J connectivity index is 1.80. The molecule has 0 amide bonds. The minimum Gasteiger partial charge on any atom is -0.340 e. The molecule has 3 heterocycles. The van der Waals surface area contributed by atoms with Gasteiger partial charge in [-0.05, 0) is 47.3 Å². The number of nitrogens with zero attached hydrogens (tertiary/aromatic N) is 3. The standard InChI is InChI=1S/C15H9ClN4S/c16-15-19-13(11-5-7-21-14(11)20-15)18-10-3-4-12-9(8-10)2-1-6-17-12/h1-8H,(H,18,19,20). The summed E-state index contributed by atoms with van der Waals surface area (Å²) in [7, 11) is 0. The number of fused-ring (bicyclic) bond motifs is 2. The van der Waals surface area contributed by atoms with Crippen molar-refractivity contribution >= 4 is 55.6 Å². The molecule has 0 aliphatic rings. The highest BCUT2D eigenvalue weighted by Crippen LogP contribution is 2.29. The molecular weight excluding hydrogens is 304 g/mol. The first kappa shape index (κ1) is 12.5. The van der Waals surface area contributed by atoms with Gasteiger partial charge in [0.2, 0.25) is 5.28 Å². The molecular formula is C15H9ClN4S. The van der Waals surface area contributed by atoms with Gasteiger partial charge in [-0.15, -0.1) is 11.3 Å². The number of anilines is 2. The van der Waals surface area contributed by atoms with Crippen molar-refractivity contribution in [3.05, 3.63) is 53.3 Å². The lowest BCUT2D eigenvalue weighted by Crippen LogP contribution is -1.96. The third-order valence-corrected chi connectivity index (χ3v) is 4.14. The number of hydrogen-bond acceptors (Lipinski definition) is 5. The highest BCUT2D eigenvalue weighted by molar-refractivity contribution is 7.16. The van der Waals surface area contributed by atoms with Crippen LogP contribution in [-0.2, 0) is 0 Å². The highest BCUT2D eigenvalue weighted by atomic mass is 35.5. The van der Waals surface area contributed by atoms with Crippen LogP contribution in [0.2, 0.25) is 5.28 Å². The topological polar surface area (TPSA) is 50.7 Å². The number of aromatic nitrogens is 3. The first-order chi connectivity index (χ1) is 10.3. The van der Waals surface area contributed by atoms with E-state index in [4.69, 9.17) is 11.6 Å². The Morgan fingerprint density at radius 3 is 3.00 bits per heavy atom. The minimum atomic E-state index is 0.245. The number of halogens is 1. The summed E-state index contributed by atoms with van der Waals surface area (Å²) in [6.45, 7) is 0. The van der Waals surface area contributed by atoms with Gasteiger partial charge in [0.15, 0.2) is 0 Å². The molecule has 0 aliphatic carbocycles.